The van der Waals surface area contributed by atoms with Gasteiger partial charge in [0.15, 0.2) is 0 Å². The molecule has 3 rings (SSSR count). The lowest BCUT2D eigenvalue weighted by atomic mass is 10.3. The molecule has 0 atom stereocenters. The van der Waals surface area contributed by atoms with Crippen LogP contribution in [0.15, 0.2) is 53.7 Å². The van der Waals surface area contributed by atoms with Gasteiger partial charge in [-0.15, -0.1) is 5.10 Å². The number of thioether (sulfide) groups is 1. The van der Waals surface area contributed by atoms with Crippen LogP contribution in [0, 0.1) is 0 Å². The molecule has 4 N–H and O–H groups in total. The van der Waals surface area contributed by atoms with Crippen molar-refractivity contribution in [3.8, 4) is 11.5 Å². The predicted octanol–water partition coefficient (Wildman–Crippen LogP) is 3.56. The summed E-state index contributed by atoms with van der Waals surface area (Å²) < 4.78 is 5.70. The van der Waals surface area contributed by atoms with Gasteiger partial charge in [0.05, 0.1) is 10.8 Å². The number of nitrogen functional groups attached to an aromatic ring is 1. The van der Waals surface area contributed by atoms with Crippen molar-refractivity contribution in [2.75, 3.05) is 16.8 Å². The normalized spacial score (nSPS) is 10.4. The van der Waals surface area contributed by atoms with E-state index in [-0.39, 0.29) is 17.6 Å². The highest BCUT2D eigenvalue weighted by atomic mass is 35.5. The molecule has 0 aliphatic carbocycles. The number of benzene rings is 2. The highest BCUT2D eigenvalue weighted by Crippen LogP contribution is 2.29. The quantitative estimate of drug-likeness (QED) is 0.569. The Morgan fingerprint density at radius 2 is 2.00 bits per heavy atom. The lowest BCUT2D eigenvalue weighted by Gasteiger charge is -2.09. The molecule has 0 radical (unpaired) electrons. The third kappa shape index (κ3) is 4.88. The molecule has 1 aromatic heterocycles. The number of anilines is 2. The Hall–Kier alpha value is -2.71. The fourth-order valence-corrected chi connectivity index (χ4v) is 2.69. The van der Waals surface area contributed by atoms with Gasteiger partial charge in [-0.05, 0) is 36.4 Å². The Labute approximate surface area is 152 Å². The Balaban J connectivity index is 1.53. The van der Waals surface area contributed by atoms with Crippen molar-refractivity contribution < 1.29 is 9.53 Å². The molecule has 1 amide bonds. The molecule has 25 heavy (non-hydrogen) atoms. The van der Waals surface area contributed by atoms with Crippen molar-refractivity contribution in [3.63, 3.8) is 0 Å². The van der Waals surface area contributed by atoms with Crippen LogP contribution in [0.2, 0.25) is 5.02 Å². The molecule has 0 saturated carbocycles. The average Bonchev–Trinajstić information content (AvgIpc) is 3.02. The van der Waals surface area contributed by atoms with Gasteiger partial charge in [-0.25, -0.2) is 5.10 Å². The molecule has 3 aromatic rings. The topological polar surface area (TPSA) is 106 Å². The number of nitrogens with zero attached hydrogens (tertiary/aromatic N) is 2. The summed E-state index contributed by atoms with van der Waals surface area (Å²) >= 11 is 7.25. The van der Waals surface area contributed by atoms with Crippen LogP contribution >= 0.6 is 23.4 Å². The number of carbonyl (C=O) groups is 1. The third-order valence-corrected chi connectivity index (χ3v) is 4.18. The monoisotopic (exact) mass is 375 g/mol. The van der Waals surface area contributed by atoms with E-state index in [1.165, 1.54) is 11.8 Å². The van der Waals surface area contributed by atoms with Gasteiger partial charge in [0.1, 0.15) is 11.5 Å². The first-order chi connectivity index (χ1) is 12.1. The fraction of sp³-hybridized carbons (Fsp3) is 0.0625. The highest BCUT2D eigenvalue weighted by Gasteiger charge is 2.08. The minimum atomic E-state index is -0.173. The summed E-state index contributed by atoms with van der Waals surface area (Å²) in [6.45, 7) is 0. The maximum atomic E-state index is 11.9. The SMILES string of the molecule is Nc1nc(SCC(=O)Nc2ccc(Oc3ccccc3Cl)cc2)n[nH]1. The van der Waals surface area contributed by atoms with Crippen LogP contribution in [0.1, 0.15) is 0 Å². The Morgan fingerprint density at radius 3 is 2.68 bits per heavy atom. The maximum Gasteiger partial charge on any atom is 0.234 e. The number of hydrogen-bond acceptors (Lipinski definition) is 6. The van der Waals surface area contributed by atoms with Gasteiger partial charge in [0, 0.05) is 5.69 Å². The zero-order valence-corrected chi connectivity index (χ0v) is 14.5. The van der Waals surface area contributed by atoms with Crippen molar-refractivity contribution in [3.05, 3.63) is 53.6 Å². The number of ether oxygens (including phenoxy) is 1. The molecule has 0 unspecified atom stereocenters. The zero-order chi connectivity index (χ0) is 17.6. The molecular formula is C16H14ClN5O2S. The van der Waals surface area contributed by atoms with Gasteiger partial charge in [0.25, 0.3) is 0 Å². The highest BCUT2D eigenvalue weighted by molar-refractivity contribution is 7.99. The smallest absolute Gasteiger partial charge is 0.234 e. The van der Waals surface area contributed by atoms with E-state index in [1.807, 2.05) is 12.1 Å². The molecule has 9 heteroatoms. The first kappa shape index (κ1) is 17.1. The molecule has 0 spiro atoms. The number of nitrogens with one attached hydrogen (secondary N) is 2. The number of rotatable bonds is 6. The Bertz CT molecular complexity index is 869. The molecule has 1 heterocycles. The van der Waals surface area contributed by atoms with Crippen molar-refractivity contribution >= 4 is 40.9 Å². The van der Waals surface area contributed by atoms with E-state index in [4.69, 9.17) is 22.1 Å². The van der Waals surface area contributed by atoms with E-state index in [9.17, 15) is 4.79 Å². The molecule has 0 aliphatic heterocycles. The number of halogens is 1. The number of para-hydroxylation sites is 1. The minimum absolute atomic E-state index is 0.173. The first-order valence-corrected chi connectivity index (χ1v) is 8.59. The zero-order valence-electron chi connectivity index (χ0n) is 12.9. The van der Waals surface area contributed by atoms with Crippen molar-refractivity contribution in [1.82, 2.24) is 15.2 Å². The molecular weight excluding hydrogens is 362 g/mol. The molecule has 0 saturated heterocycles. The lowest BCUT2D eigenvalue weighted by Crippen LogP contribution is -2.14. The van der Waals surface area contributed by atoms with Crippen molar-refractivity contribution in [2.45, 2.75) is 5.16 Å². The van der Waals surface area contributed by atoms with Crippen molar-refractivity contribution in [1.29, 1.82) is 0 Å². The van der Waals surface area contributed by atoms with E-state index < -0.39 is 0 Å². The maximum absolute atomic E-state index is 11.9. The summed E-state index contributed by atoms with van der Waals surface area (Å²) in [7, 11) is 0. The second kappa shape index (κ2) is 7.91. The number of aromatic amines is 1. The van der Waals surface area contributed by atoms with E-state index >= 15 is 0 Å². The summed E-state index contributed by atoms with van der Waals surface area (Å²) in [4.78, 5) is 15.9. The van der Waals surface area contributed by atoms with Gasteiger partial charge >= 0.3 is 0 Å². The van der Waals surface area contributed by atoms with Crippen LogP contribution in [0.3, 0.4) is 0 Å². The molecule has 7 nitrogen and oxygen atoms in total. The number of carbonyl (C=O) groups excluding carboxylic acids is 1. The molecule has 0 aliphatic rings. The largest absolute Gasteiger partial charge is 0.456 e. The summed E-state index contributed by atoms with van der Waals surface area (Å²) in [6, 6.07) is 14.2. The fourth-order valence-electron chi connectivity index (χ4n) is 1.91. The Morgan fingerprint density at radius 1 is 1.24 bits per heavy atom. The van der Waals surface area contributed by atoms with Gasteiger partial charge in [-0.1, -0.05) is 35.5 Å². The van der Waals surface area contributed by atoms with E-state index in [0.717, 1.165) is 0 Å². The first-order valence-electron chi connectivity index (χ1n) is 7.23. The number of nitrogens with two attached hydrogens (primary N) is 1. The molecule has 0 fully saturated rings. The molecule has 0 bridgehead atoms. The van der Waals surface area contributed by atoms with Crippen LogP contribution in [-0.4, -0.2) is 26.8 Å². The Kier molecular flexibility index (Phi) is 5.42. The van der Waals surface area contributed by atoms with E-state index in [2.05, 4.69) is 20.5 Å². The number of H-pyrrole nitrogens is 1. The summed E-state index contributed by atoms with van der Waals surface area (Å²) in [5, 5.41) is 10.1. The van der Waals surface area contributed by atoms with Gasteiger partial charge in [0.2, 0.25) is 17.0 Å². The van der Waals surface area contributed by atoms with Gasteiger partial charge in [-0.3, -0.25) is 4.79 Å². The van der Waals surface area contributed by atoms with E-state index in [1.54, 1.807) is 36.4 Å². The van der Waals surface area contributed by atoms with Gasteiger partial charge < -0.3 is 15.8 Å². The summed E-state index contributed by atoms with van der Waals surface area (Å²) in [5.74, 6) is 1.42. The number of hydrogen-bond donors (Lipinski definition) is 3. The molecule has 128 valence electrons. The van der Waals surface area contributed by atoms with Crippen LogP contribution < -0.4 is 15.8 Å². The van der Waals surface area contributed by atoms with Gasteiger partial charge in [-0.2, -0.15) is 4.98 Å². The third-order valence-electron chi connectivity index (χ3n) is 3.02. The standard InChI is InChI=1S/C16H14ClN5O2S/c17-12-3-1-2-4-13(12)24-11-7-5-10(6-8-11)19-14(23)9-25-16-20-15(18)21-22-16/h1-8H,9H2,(H,19,23)(H3,18,20,21,22). The van der Waals surface area contributed by atoms with Crippen LogP contribution in [0.5, 0.6) is 11.5 Å². The van der Waals surface area contributed by atoms with E-state index in [0.29, 0.717) is 27.4 Å². The predicted molar refractivity (Wildman–Crippen MR) is 98.1 cm³/mol. The number of aromatic nitrogens is 3. The summed E-state index contributed by atoms with van der Waals surface area (Å²) in [6.07, 6.45) is 0. The van der Waals surface area contributed by atoms with Crippen molar-refractivity contribution in [2.24, 2.45) is 0 Å². The van der Waals surface area contributed by atoms with Crippen LogP contribution in [0.25, 0.3) is 0 Å². The second-order valence-electron chi connectivity index (χ2n) is 4.90. The van der Waals surface area contributed by atoms with Crippen LogP contribution in [0.4, 0.5) is 11.6 Å². The lowest BCUT2D eigenvalue weighted by molar-refractivity contribution is -0.113. The second-order valence-corrected chi connectivity index (χ2v) is 6.25. The van der Waals surface area contributed by atoms with Crippen LogP contribution in [-0.2, 0) is 4.79 Å². The minimum Gasteiger partial charge on any atom is -0.456 e. The average molecular weight is 376 g/mol. The molecule has 2 aromatic carbocycles. The number of amides is 1. The summed E-state index contributed by atoms with van der Waals surface area (Å²) in [5.41, 5.74) is 6.08.